The normalized spacial score (nSPS) is 25.5. The maximum Gasteiger partial charge on any atom is 0.0960 e. The molecule has 1 aliphatic rings. The zero-order chi connectivity index (χ0) is 9.68. The van der Waals surface area contributed by atoms with Crippen LogP contribution in [0.2, 0.25) is 0 Å². The van der Waals surface area contributed by atoms with Crippen LogP contribution >= 0.6 is 0 Å². The van der Waals surface area contributed by atoms with Crippen LogP contribution in [-0.2, 0) is 9.47 Å². The van der Waals surface area contributed by atoms with Gasteiger partial charge in [-0.05, 0) is 19.8 Å². The summed E-state index contributed by atoms with van der Waals surface area (Å²) in [6, 6.07) is 0.0806. The maximum absolute atomic E-state index is 5.95. The van der Waals surface area contributed by atoms with Crippen LogP contribution in [0.15, 0.2) is 12.2 Å². The van der Waals surface area contributed by atoms with Gasteiger partial charge in [0.05, 0.1) is 25.9 Å². The Balaban J connectivity index is 2.20. The van der Waals surface area contributed by atoms with Gasteiger partial charge in [0.15, 0.2) is 0 Å². The first-order chi connectivity index (χ1) is 6.20. The fourth-order valence-corrected chi connectivity index (χ4v) is 1.35. The number of rotatable bonds is 4. The van der Waals surface area contributed by atoms with Gasteiger partial charge in [-0.15, -0.1) is 6.58 Å². The molecular formula is C10H19NO2. The van der Waals surface area contributed by atoms with Gasteiger partial charge in [-0.25, -0.2) is 0 Å². The molecule has 0 aromatic carbocycles. The molecule has 1 fully saturated rings. The van der Waals surface area contributed by atoms with E-state index in [1.54, 1.807) is 0 Å². The minimum atomic E-state index is 0.0769. The molecule has 2 unspecified atom stereocenters. The molecule has 0 saturated carbocycles. The van der Waals surface area contributed by atoms with Crippen molar-refractivity contribution in [1.29, 1.82) is 0 Å². The molecule has 1 saturated heterocycles. The highest BCUT2D eigenvalue weighted by atomic mass is 16.6. The number of ether oxygens (including phenoxy) is 2. The molecule has 3 heteroatoms. The quantitative estimate of drug-likeness (QED) is 0.667. The molecule has 3 nitrogen and oxygen atoms in total. The summed E-state index contributed by atoms with van der Waals surface area (Å²) in [6.07, 6.45) is 1.98. The van der Waals surface area contributed by atoms with Gasteiger partial charge < -0.3 is 15.2 Å². The minimum absolute atomic E-state index is 0.0769. The second kappa shape index (κ2) is 5.37. The van der Waals surface area contributed by atoms with Crippen molar-refractivity contribution in [1.82, 2.24) is 0 Å². The second-order valence-corrected chi connectivity index (χ2v) is 3.64. The van der Waals surface area contributed by atoms with E-state index in [0.717, 1.165) is 12.8 Å². The maximum atomic E-state index is 5.95. The molecule has 2 atom stereocenters. The van der Waals surface area contributed by atoms with Crippen LogP contribution in [0.4, 0.5) is 0 Å². The highest BCUT2D eigenvalue weighted by Gasteiger charge is 2.21. The third-order valence-corrected chi connectivity index (χ3v) is 2.22. The Kier molecular flexibility index (Phi) is 4.42. The standard InChI is InChI=1S/C10H19NO2/c1-8(2)3-4-9(11)10-7-12-5-6-13-10/h9-10H,1,3-7,11H2,2H3. The Morgan fingerprint density at radius 1 is 1.62 bits per heavy atom. The predicted molar refractivity (Wildman–Crippen MR) is 52.6 cm³/mol. The van der Waals surface area contributed by atoms with Gasteiger partial charge in [-0.3, -0.25) is 0 Å². The van der Waals surface area contributed by atoms with Gasteiger partial charge in [0.1, 0.15) is 0 Å². The summed E-state index contributed by atoms with van der Waals surface area (Å²) < 4.78 is 10.8. The molecule has 1 rings (SSSR count). The third kappa shape index (κ3) is 3.89. The van der Waals surface area contributed by atoms with Gasteiger partial charge in [0.2, 0.25) is 0 Å². The average Bonchev–Trinajstić information content (AvgIpc) is 2.15. The first-order valence-electron chi connectivity index (χ1n) is 4.79. The van der Waals surface area contributed by atoms with Crippen LogP contribution in [0, 0.1) is 0 Å². The fourth-order valence-electron chi connectivity index (χ4n) is 1.35. The molecule has 1 aliphatic heterocycles. The van der Waals surface area contributed by atoms with Gasteiger partial charge in [-0.2, -0.15) is 0 Å². The fraction of sp³-hybridized carbons (Fsp3) is 0.800. The van der Waals surface area contributed by atoms with Crippen molar-refractivity contribution in [3.8, 4) is 0 Å². The Hall–Kier alpha value is -0.380. The van der Waals surface area contributed by atoms with Crippen LogP contribution < -0.4 is 5.73 Å². The van der Waals surface area contributed by atoms with E-state index in [0.29, 0.717) is 19.8 Å². The Morgan fingerprint density at radius 2 is 2.38 bits per heavy atom. The van der Waals surface area contributed by atoms with Gasteiger partial charge in [0, 0.05) is 6.04 Å². The zero-order valence-corrected chi connectivity index (χ0v) is 8.29. The van der Waals surface area contributed by atoms with Gasteiger partial charge in [0.25, 0.3) is 0 Å². The molecule has 1 heterocycles. The molecule has 0 bridgehead atoms. The Morgan fingerprint density at radius 3 is 2.92 bits per heavy atom. The molecule has 0 aliphatic carbocycles. The molecule has 0 spiro atoms. The summed E-state index contributed by atoms with van der Waals surface area (Å²) in [7, 11) is 0. The lowest BCUT2D eigenvalue weighted by molar-refractivity contribution is -0.0975. The van der Waals surface area contributed by atoms with Gasteiger partial charge >= 0.3 is 0 Å². The SMILES string of the molecule is C=C(C)CCC(N)C1COCCO1. The van der Waals surface area contributed by atoms with Crippen LogP contribution in [0.3, 0.4) is 0 Å². The van der Waals surface area contributed by atoms with E-state index in [-0.39, 0.29) is 12.1 Å². The summed E-state index contributed by atoms with van der Waals surface area (Å²) in [4.78, 5) is 0. The summed E-state index contributed by atoms with van der Waals surface area (Å²) in [5.74, 6) is 0. The highest BCUT2D eigenvalue weighted by Crippen LogP contribution is 2.11. The molecule has 0 aromatic heterocycles. The molecule has 0 radical (unpaired) electrons. The number of hydrogen-bond acceptors (Lipinski definition) is 3. The third-order valence-electron chi connectivity index (χ3n) is 2.22. The number of nitrogens with two attached hydrogens (primary N) is 1. The van der Waals surface area contributed by atoms with E-state index in [1.165, 1.54) is 5.57 Å². The van der Waals surface area contributed by atoms with E-state index in [4.69, 9.17) is 15.2 Å². The number of hydrogen-bond donors (Lipinski definition) is 1. The molecule has 76 valence electrons. The smallest absolute Gasteiger partial charge is 0.0960 e. The Bertz CT molecular complexity index is 164. The largest absolute Gasteiger partial charge is 0.376 e. The van der Waals surface area contributed by atoms with E-state index in [1.807, 2.05) is 6.92 Å². The highest BCUT2D eigenvalue weighted by molar-refractivity contribution is 4.90. The monoisotopic (exact) mass is 185 g/mol. The van der Waals surface area contributed by atoms with E-state index < -0.39 is 0 Å². The molecular weight excluding hydrogens is 166 g/mol. The predicted octanol–water partition coefficient (Wildman–Crippen LogP) is 1.09. The van der Waals surface area contributed by atoms with E-state index in [9.17, 15) is 0 Å². The van der Waals surface area contributed by atoms with Crippen molar-refractivity contribution in [2.24, 2.45) is 5.73 Å². The minimum Gasteiger partial charge on any atom is -0.376 e. The first kappa shape index (κ1) is 10.7. The van der Waals surface area contributed by atoms with E-state index in [2.05, 4.69) is 6.58 Å². The van der Waals surface area contributed by atoms with Crippen molar-refractivity contribution < 1.29 is 9.47 Å². The van der Waals surface area contributed by atoms with Crippen LogP contribution in [0.25, 0.3) is 0 Å². The lowest BCUT2D eigenvalue weighted by atomic mass is 10.0. The Labute approximate surface area is 79.9 Å². The summed E-state index contributed by atoms with van der Waals surface area (Å²) in [5.41, 5.74) is 7.12. The van der Waals surface area contributed by atoms with Crippen LogP contribution in [0.1, 0.15) is 19.8 Å². The van der Waals surface area contributed by atoms with Crippen molar-refractivity contribution in [3.63, 3.8) is 0 Å². The molecule has 0 aromatic rings. The van der Waals surface area contributed by atoms with Crippen LogP contribution in [-0.4, -0.2) is 32.0 Å². The van der Waals surface area contributed by atoms with Crippen molar-refractivity contribution in [2.75, 3.05) is 19.8 Å². The molecule has 0 amide bonds. The van der Waals surface area contributed by atoms with Crippen molar-refractivity contribution >= 4 is 0 Å². The summed E-state index contributed by atoms with van der Waals surface area (Å²) in [6.45, 7) is 7.87. The summed E-state index contributed by atoms with van der Waals surface area (Å²) in [5, 5.41) is 0. The van der Waals surface area contributed by atoms with Crippen molar-refractivity contribution in [3.05, 3.63) is 12.2 Å². The molecule has 2 N–H and O–H groups in total. The second-order valence-electron chi connectivity index (χ2n) is 3.64. The molecule has 13 heavy (non-hydrogen) atoms. The first-order valence-corrected chi connectivity index (χ1v) is 4.79. The zero-order valence-electron chi connectivity index (χ0n) is 8.29. The topological polar surface area (TPSA) is 44.5 Å². The lowest BCUT2D eigenvalue weighted by Gasteiger charge is -2.27. The van der Waals surface area contributed by atoms with Crippen LogP contribution in [0.5, 0.6) is 0 Å². The van der Waals surface area contributed by atoms with Crippen molar-refractivity contribution in [2.45, 2.75) is 31.9 Å². The number of allylic oxidation sites excluding steroid dienone is 1. The summed E-state index contributed by atoms with van der Waals surface area (Å²) >= 11 is 0. The average molecular weight is 185 g/mol. The van der Waals surface area contributed by atoms with Gasteiger partial charge in [-0.1, -0.05) is 5.57 Å². The lowest BCUT2D eigenvalue weighted by Crippen LogP contribution is -2.43. The van der Waals surface area contributed by atoms with E-state index >= 15 is 0 Å².